The summed E-state index contributed by atoms with van der Waals surface area (Å²) < 4.78 is 0. The predicted octanol–water partition coefficient (Wildman–Crippen LogP) is 5.72. The number of pyridine rings is 1. The van der Waals surface area contributed by atoms with Gasteiger partial charge in [-0.2, -0.15) is 0 Å². The Balaban J connectivity index is 0.00000323. The summed E-state index contributed by atoms with van der Waals surface area (Å²) in [6.45, 7) is 14.1. The molecule has 1 N–H and O–H groups in total. The van der Waals surface area contributed by atoms with Crippen LogP contribution in [0.15, 0.2) is 53.6 Å². The SMILES string of the molecule is CCNc1cccc(N2CCN(CC(=O)[C@H]3C(C)C[C@H]4[C@@H]5CCC6=CC(=O)C=C[C@]6(C)C5=CC[C@]34C)CC2)n1.Cl. The maximum absolute atomic E-state index is 14.0. The molecule has 6 rings (SSSR count). The Morgan fingerprint density at radius 2 is 1.95 bits per heavy atom. The second kappa shape index (κ2) is 11.1. The minimum absolute atomic E-state index is 0. The lowest BCUT2D eigenvalue weighted by Gasteiger charge is -2.52. The number of fused-ring (bicyclic) bond motifs is 5. The van der Waals surface area contributed by atoms with Gasteiger partial charge in [-0.05, 0) is 87.0 Å². The molecule has 0 bridgehead atoms. The Bertz CT molecular complexity index is 1250. The highest BCUT2D eigenvalue weighted by molar-refractivity contribution is 6.01. The van der Waals surface area contributed by atoms with E-state index in [0.29, 0.717) is 30.1 Å². The molecule has 1 saturated heterocycles. The first-order chi connectivity index (χ1) is 18.7. The van der Waals surface area contributed by atoms with Crippen LogP contribution in [-0.4, -0.2) is 60.7 Å². The van der Waals surface area contributed by atoms with Gasteiger partial charge in [-0.1, -0.05) is 43.2 Å². The zero-order valence-electron chi connectivity index (χ0n) is 24.5. The van der Waals surface area contributed by atoms with E-state index in [1.165, 1.54) is 11.1 Å². The number of nitrogens with one attached hydrogen (secondary N) is 1. The number of rotatable bonds is 6. The molecule has 40 heavy (non-hydrogen) atoms. The second-order valence-electron chi connectivity index (χ2n) is 13.1. The van der Waals surface area contributed by atoms with E-state index < -0.39 is 0 Å². The first-order valence-electron chi connectivity index (χ1n) is 15.1. The summed E-state index contributed by atoms with van der Waals surface area (Å²) in [6, 6.07) is 6.16. The lowest BCUT2D eigenvalue weighted by atomic mass is 9.52. The molecule has 1 aromatic heterocycles. The Kier molecular flexibility index (Phi) is 8.06. The van der Waals surface area contributed by atoms with Gasteiger partial charge in [0.1, 0.15) is 11.6 Å². The van der Waals surface area contributed by atoms with Crippen LogP contribution < -0.4 is 10.2 Å². The van der Waals surface area contributed by atoms with Gasteiger partial charge in [0.2, 0.25) is 0 Å². The molecule has 1 aromatic rings. The van der Waals surface area contributed by atoms with Crippen LogP contribution >= 0.6 is 12.4 Å². The highest BCUT2D eigenvalue weighted by atomic mass is 35.5. The van der Waals surface area contributed by atoms with E-state index in [1.54, 1.807) is 6.08 Å². The molecule has 2 heterocycles. The third-order valence-electron chi connectivity index (χ3n) is 10.8. The minimum atomic E-state index is -0.121. The number of Topliss-reactive ketones (excluding diaryl/α,β-unsaturated/α-hetero) is 1. The molecule has 1 aliphatic heterocycles. The Morgan fingerprint density at radius 3 is 2.70 bits per heavy atom. The highest BCUT2D eigenvalue weighted by Gasteiger charge is 2.59. The second-order valence-corrected chi connectivity index (χ2v) is 13.1. The quantitative estimate of drug-likeness (QED) is 0.446. The van der Waals surface area contributed by atoms with E-state index >= 15 is 0 Å². The van der Waals surface area contributed by atoms with Gasteiger partial charge in [0.15, 0.2) is 11.6 Å². The van der Waals surface area contributed by atoms with Gasteiger partial charge in [-0.25, -0.2) is 4.98 Å². The predicted molar refractivity (Wildman–Crippen MR) is 164 cm³/mol. The summed E-state index contributed by atoms with van der Waals surface area (Å²) in [6.07, 6.45) is 12.5. The van der Waals surface area contributed by atoms with Gasteiger partial charge in [0.05, 0.1) is 6.54 Å². The highest BCUT2D eigenvalue weighted by Crippen LogP contribution is 2.65. The molecule has 2 saturated carbocycles. The molecule has 4 aliphatic carbocycles. The van der Waals surface area contributed by atoms with E-state index in [1.807, 2.05) is 12.1 Å². The average molecular weight is 565 g/mol. The van der Waals surface area contributed by atoms with Crippen molar-refractivity contribution in [3.63, 3.8) is 0 Å². The number of nitrogens with zero attached hydrogens (tertiary/aromatic N) is 3. The lowest BCUT2D eigenvalue weighted by Crippen LogP contribution is -2.50. The number of hydrogen-bond acceptors (Lipinski definition) is 6. The van der Waals surface area contributed by atoms with Gasteiger partial charge >= 0.3 is 0 Å². The van der Waals surface area contributed by atoms with Gasteiger partial charge in [0.25, 0.3) is 0 Å². The molecule has 0 amide bonds. The van der Waals surface area contributed by atoms with Crippen LogP contribution in [0.5, 0.6) is 0 Å². The van der Waals surface area contributed by atoms with Crippen molar-refractivity contribution in [2.75, 3.05) is 49.5 Å². The van der Waals surface area contributed by atoms with E-state index in [4.69, 9.17) is 4.98 Å². The van der Waals surface area contributed by atoms with Crippen LogP contribution in [-0.2, 0) is 9.59 Å². The number of carbonyl (C=O) groups is 2. The van der Waals surface area contributed by atoms with Gasteiger partial charge < -0.3 is 10.2 Å². The lowest BCUT2D eigenvalue weighted by molar-refractivity contribution is -0.129. The molecule has 0 aromatic carbocycles. The molecular weight excluding hydrogens is 520 g/mol. The number of aromatic nitrogens is 1. The standard InChI is InChI=1S/C33H44N4O2.ClH/c1-5-34-29-7-6-8-30(35-29)37-17-15-36(16-18-37)21-28(39)31-22(2)19-27-25-10-9-23-20-24(38)11-13-32(23,3)26(25)12-14-33(27,31)4;/h6-8,11-13,20,22,25,27,31H,5,9-10,14-19,21H2,1-4H3,(H,34,35);1H/t22?,25-,27+,31-,32+,33+;/m1./s1. The smallest absolute Gasteiger partial charge is 0.178 e. The largest absolute Gasteiger partial charge is 0.370 e. The van der Waals surface area contributed by atoms with Crippen LogP contribution in [0, 0.1) is 34.5 Å². The average Bonchev–Trinajstić information content (AvgIpc) is 3.20. The van der Waals surface area contributed by atoms with Crippen molar-refractivity contribution in [3.8, 4) is 0 Å². The Morgan fingerprint density at radius 1 is 1.18 bits per heavy atom. The van der Waals surface area contributed by atoms with Crippen LogP contribution in [0.2, 0.25) is 0 Å². The zero-order chi connectivity index (χ0) is 27.4. The molecule has 0 radical (unpaired) electrons. The van der Waals surface area contributed by atoms with E-state index in [2.05, 4.69) is 67.1 Å². The molecule has 7 heteroatoms. The molecule has 6 atom stereocenters. The number of allylic oxidation sites excluding steroid dienone is 6. The topological polar surface area (TPSA) is 65.5 Å². The zero-order valence-corrected chi connectivity index (χ0v) is 25.3. The maximum atomic E-state index is 14.0. The molecule has 0 spiro atoms. The van der Waals surface area contributed by atoms with Crippen molar-refractivity contribution in [2.24, 2.45) is 34.5 Å². The Labute approximate surface area is 245 Å². The molecule has 5 aliphatic rings. The monoisotopic (exact) mass is 564 g/mol. The van der Waals surface area contributed by atoms with Crippen LogP contribution in [0.25, 0.3) is 0 Å². The van der Waals surface area contributed by atoms with Crippen molar-refractivity contribution in [3.05, 3.63) is 53.6 Å². The summed E-state index contributed by atoms with van der Waals surface area (Å²) in [4.78, 5) is 35.5. The summed E-state index contributed by atoms with van der Waals surface area (Å²) in [7, 11) is 0. The molecule has 216 valence electrons. The number of ketones is 2. The molecule has 3 fully saturated rings. The van der Waals surface area contributed by atoms with Gasteiger partial charge in [0, 0.05) is 44.1 Å². The van der Waals surface area contributed by atoms with Crippen LogP contribution in [0.3, 0.4) is 0 Å². The fraction of sp³-hybridized carbons (Fsp3) is 0.606. The number of halogens is 1. The number of carbonyl (C=O) groups excluding carboxylic acids is 2. The summed E-state index contributed by atoms with van der Waals surface area (Å²) in [5.41, 5.74) is 2.69. The fourth-order valence-corrected chi connectivity index (χ4v) is 8.91. The van der Waals surface area contributed by atoms with Crippen molar-refractivity contribution in [1.82, 2.24) is 9.88 Å². The van der Waals surface area contributed by atoms with E-state index in [0.717, 1.165) is 70.0 Å². The van der Waals surface area contributed by atoms with Crippen LogP contribution in [0.1, 0.15) is 53.4 Å². The van der Waals surface area contributed by atoms with Gasteiger partial charge in [-0.3, -0.25) is 14.5 Å². The third kappa shape index (κ3) is 4.85. The van der Waals surface area contributed by atoms with Crippen molar-refractivity contribution < 1.29 is 9.59 Å². The first-order valence-corrected chi connectivity index (χ1v) is 15.1. The summed E-state index contributed by atoms with van der Waals surface area (Å²) in [5.74, 6) is 4.08. The first kappa shape index (κ1) is 29.1. The number of anilines is 2. The summed E-state index contributed by atoms with van der Waals surface area (Å²) in [5, 5.41) is 3.30. The minimum Gasteiger partial charge on any atom is -0.370 e. The third-order valence-corrected chi connectivity index (χ3v) is 10.8. The normalized spacial score (nSPS) is 35.1. The van der Waals surface area contributed by atoms with Crippen LogP contribution in [0.4, 0.5) is 11.6 Å². The Hall–Kier alpha value is -2.44. The molecule has 1 unspecified atom stereocenters. The molecule has 6 nitrogen and oxygen atoms in total. The van der Waals surface area contributed by atoms with Crippen molar-refractivity contribution in [1.29, 1.82) is 0 Å². The fourth-order valence-electron chi connectivity index (χ4n) is 8.91. The van der Waals surface area contributed by atoms with E-state index in [-0.39, 0.29) is 34.9 Å². The van der Waals surface area contributed by atoms with Gasteiger partial charge in [-0.15, -0.1) is 12.4 Å². The summed E-state index contributed by atoms with van der Waals surface area (Å²) >= 11 is 0. The number of hydrogen-bond donors (Lipinski definition) is 1. The van der Waals surface area contributed by atoms with Crippen molar-refractivity contribution >= 4 is 35.6 Å². The maximum Gasteiger partial charge on any atom is 0.178 e. The van der Waals surface area contributed by atoms with E-state index in [9.17, 15) is 9.59 Å². The van der Waals surface area contributed by atoms with Crippen molar-refractivity contribution in [2.45, 2.75) is 53.4 Å². The number of piperazine rings is 1. The molecular formula is C33H45ClN4O2.